The van der Waals surface area contributed by atoms with E-state index in [2.05, 4.69) is 15.9 Å². The van der Waals surface area contributed by atoms with Gasteiger partial charge in [0, 0.05) is 16.8 Å². The van der Waals surface area contributed by atoms with Crippen LogP contribution in [0, 0.1) is 10.1 Å². The number of hydrogen-bond donors (Lipinski definition) is 1. The lowest BCUT2D eigenvalue weighted by Gasteiger charge is -2.12. The maximum absolute atomic E-state index is 11.0. The van der Waals surface area contributed by atoms with Crippen molar-refractivity contribution in [2.45, 2.75) is 6.10 Å². The van der Waals surface area contributed by atoms with Crippen molar-refractivity contribution in [2.75, 3.05) is 11.9 Å². The molecule has 0 radical (unpaired) electrons. The van der Waals surface area contributed by atoms with Crippen molar-refractivity contribution < 1.29 is 14.8 Å². The summed E-state index contributed by atoms with van der Waals surface area (Å²) in [7, 11) is 0. The summed E-state index contributed by atoms with van der Waals surface area (Å²) < 4.78 is 5.50. The molecular weight excluding hydrogens is 314 g/mol. The number of benzene rings is 2. The third-order valence-electron chi connectivity index (χ3n) is 2.67. The van der Waals surface area contributed by atoms with E-state index in [4.69, 9.17) is 4.74 Å². The van der Waals surface area contributed by atoms with E-state index in [-0.39, 0.29) is 12.3 Å². The standard InChI is InChI=1S/C13H12BrNO4/c14-7-9(16)8-19-13-6-5-12(15(17)18)10-3-1-2-4-11(10)13/h1-6,9,16H,7-8H2. The molecule has 0 aliphatic carbocycles. The number of non-ortho nitro benzene ring substituents is 1. The quantitative estimate of drug-likeness (QED) is 0.521. The van der Waals surface area contributed by atoms with Crippen LogP contribution in [0.4, 0.5) is 5.69 Å². The van der Waals surface area contributed by atoms with Crippen molar-refractivity contribution in [3.63, 3.8) is 0 Å². The molecule has 100 valence electrons. The molecule has 19 heavy (non-hydrogen) atoms. The van der Waals surface area contributed by atoms with Gasteiger partial charge in [0.25, 0.3) is 5.69 Å². The van der Waals surface area contributed by atoms with Crippen molar-refractivity contribution >= 4 is 32.4 Å². The van der Waals surface area contributed by atoms with Gasteiger partial charge in [0.15, 0.2) is 0 Å². The first-order valence-electron chi connectivity index (χ1n) is 5.66. The fraction of sp³-hybridized carbons (Fsp3) is 0.231. The lowest BCUT2D eigenvalue weighted by Crippen LogP contribution is -2.18. The number of halogens is 1. The zero-order valence-corrected chi connectivity index (χ0v) is 11.5. The van der Waals surface area contributed by atoms with Gasteiger partial charge in [-0.25, -0.2) is 0 Å². The second kappa shape index (κ2) is 5.99. The molecule has 2 aromatic rings. The number of fused-ring (bicyclic) bond motifs is 1. The Morgan fingerprint density at radius 2 is 1.95 bits per heavy atom. The van der Waals surface area contributed by atoms with Crippen LogP contribution in [-0.2, 0) is 0 Å². The van der Waals surface area contributed by atoms with Crippen LogP contribution in [-0.4, -0.2) is 28.1 Å². The number of ether oxygens (including phenoxy) is 1. The normalized spacial score (nSPS) is 12.3. The van der Waals surface area contributed by atoms with E-state index in [1.54, 1.807) is 30.3 Å². The fourth-order valence-electron chi connectivity index (χ4n) is 1.77. The summed E-state index contributed by atoms with van der Waals surface area (Å²) in [5, 5.41) is 22.0. The minimum Gasteiger partial charge on any atom is -0.490 e. The Kier molecular flexibility index (Phi) is 4.34. The molecule has 1 atom stereocenters. The monoisotopic (exact) mass is 325 g/mol. The smallest absolute Gasteiger partial charge is 0.277 e. The van der Waals surface area contributed by atoms with E-state index in [9.17, 15) is 15.2 Å². The van der Waals surface area contributed by atoms with E-state index in [0.29, 0.717) is 21.9 Å². The molecule has 0 heterocycles. The van der Waals surface area contributed by atoms with E-state index in [0.717, 1.165) is 0 Å². The van der Waals surface area contributed by atoms with Gasteiger partial charge >= 0.3 is 0 Å². The molecule has 2 rings (SSSR count). The predicted molar refractivity (Wildman–Crippen MR) is 75.9 cm³/mol. The number of rotatable bonds is 5. The van der Waals surface area contributed by atoms with Crippen LogP contribution in [0.3, 0.4) is 0 Å². The Balaban J connectivity index is 2.41. The SMILES string of the molecule is O=[N+]([O-])c1ccc(OCC(O)CBr)c2ccccc12. The first-order chi connectivity index (χ1) is 9.13. The minimum absolute atomic E-state index is 0.0454. The lowest BCUT2D eigenvalue weighted by molar-refractivity contribution is -0.383. The third-order valence-corrected chi connectivity index (χ3v) is 3.41. The van der Waals surface area contributed by atoms with Crippen molar-refractivity contribution in [1.29, 1.82) is 0 Å². The van der Waals surface area contributed by atoms with Crippen LogP contribution in [0.1, 0.15) is 0 Å². The van der Waals surface area contributed by atoms with E-state index >= 15 is 0 Å². The average Bonchev–Trinajstić information content (AvgIpc) is 2.43. The lowest BCUT2D eigenvalue weighted by atomic mass is 10.1. The molecule has 6 heteroatoms. The number of nitro benzene ring substituents is 1. The molecular formula is C13H12BrNO4. The maximum Gasteiger partial charge on any atom is 0.277 e. The van der Waals surface area contributed by atoms with Crippen LogP contribution in [0.15, 0.2) is 36.4 Å². The third kappa shape index (κ3) is 3.02. The molecule has 0 saturated heterocycles. The first-order valence-corrected chi connectivity index (χ1v) is 6.78. The predicted octanol–water partition coefficient (Wildman–Crippen LogP) is 2.88. The highest BCUT2D eigenvalue weighted by Gasteiger charge is 2.15. The Bertz CT molecular complexity index is 602. The summed E-state index contributed by atoms with van der Waals surface area (Å²) in [6.07, 6.45) is -0.617. The van der Waals surface area contributed by atoms with Crippen LogP contribution in [0.2, 0.25) is 0 Å². The van der Waals surface area contributed by atoms with E-state index < -0.39 is 11.0 Å². The van der Waals surface area contributed by atoms with Gasteiger partial charge in [-0.3, -0.25) is 10.1 Å². The van der Waals surface area contributed by atoms with Gasteiger partial charge < -0.3 is 9.84 Å². The summed E-state index contributed by atoms with van der Waals surface area (Å²) in [6, 6.07) is 9.95. The summed E-state index contributed by atoms with van der Waals surface area (Å²) >= 11 is 3.15. The van der Waals surface area contributed by atoms with Gasteiger partial charge in [0.1, 0.15) is 12.4 Å². The molecule has 0 spiro atoms. The molecule has 0 aliphatic heterocycles. The summed E-state index contributed by atoms with van der Waals surface area (Å²) in [5.74, 6) is 0.529. The van der Waals surface area contributed by atoms with Crippen LogP contribution in [0.25, 0.3) is 10.8 Å². The summed E-state index contributed by atoms with van der Waals surface area (Å²) in [6.45, 7) is 0.132. The van der Waals surface area contributed by atoms with Crippen molar-refractivity contribution in [1.82, 2.24) is 0 Å². The zero-order chi connectivity index (χ0) is 13.8. The number of nitro groups is 1. The maximum atomic E-state index is 11.0. The van der Waals surface area contributed by atoms with Gasteiger partial charge in [-0.2, -0.15) is 0 Å². The molecule has 0 aliphatic rings. The highest BCUT2D eigenvalue weighted by atomic mass is 79.9. The second-order valence-corrected chi connectivity index (χ2v) is 4.65. The van der Waals surface area contributed by atoms with E-state index in [1.165, 1.54) is 6.07 Å². The van der Waals surface area contributed by atoms with Crippen LogP contribution in [0.5, 0.6) is 5.75 Å². The highest BCUT2D eigenvalue weighted by molar-refractivity contribution is 9.09. The molecule has 1 unspecified atom stereocenters. The second-order valence-electron chi connectivity index (χ2n) is 4.00. The number of aliphatic hydroxyl groups excluding tert-OH is 1. The van der Waals surface area contributed by atoms with E-state index in [1.807, 2.05) is 0 Å². The summed E-state index contributed by atoms with van der Waals surface area (Å²) in [5.41, 5.74) is 0.0454. The molecule has 1 N–H and O–H groups in total. The molecule has 2 aromatic carbocycles. The Hall–Kier alpha value is -1.66. The van der Waals surface area contributed by atoms with Gasteiger partial charge in [0.2, 0.25) is 0 Å². The highest BCUT2D eigenvalue weighted by Crippen LogP contribution is 2.32. The molecule has 0 fully saturated rings. The van der Waals surface area contributed by atoms with Crippen molar-refractivity contribution in [2.24, 2.45) is 0 Å². The van der Waals surface area contributed by atoms with Gasteiger partial charge in [-0.1, -0.05) is 34.1 Å². The molecule has 5 nitrogen and oxygen atoms in total. The van der Waals surface area contributed by atoms with Crippen LogP contribution < -0.4 is 4.74 Å². The number of nitrogens with zero attached hydrogens (tertiary/aromatic N) is 1. The molecule has 0 bridgehead atoms. The van der Waals surface area contributed by atoms with Gasteiger partial charge in [-0.15, -0.1) is 0 Å². The first kappa shape index (κ1) is 13.8. The number of hydrogen-bond acceptors (Lipinski definition) is 4. The van der Waals surface area contributed by atoms with Gasteiger partial charge in [0.05, 0.1) is 16.4 Å². The summed E-state index contributed by atoms with van der Waals surface area (Å²) in [4.78, 5) is 10.5. The number of aliphatic hydroxyl groups is 1. The van der Waals surface area contributed by atoms with Crippen LogP contribution >= 0.6 is 15.9 Å². The number of alkyl halides is 1. The Morgan fingerprint density at radius 1 is 1.26 bits per heavy atom. The van der Waals surface area contributed by atoms with Crippen molar-refractivity contribution in [3.8, 4) is 5.75 Å². The molecule has 0 amide bonds. The Morgan fingerprint density at radius 3 is 2.58 bits per heavy atom. The minimum atomic E-state index is -0.617. The molecule has 0 saturated carbocycles. The Labute approximate surface area is 118 Å². The topological polar surface area (TPSA) is 72.6 Å². The largest absolute Gasteiger partial charge is 0.490 e. The average molecular weight is 326 g/mol. The van der Waals surface area contributed by atoms with Gasteiger partial charge in [-0.05, 0) is 12.1 Å². The fourth-order valence-corrected chi connectivity index (χ4v) is 1.96. The zero-order valence-electron chi connectivity index (χ0n) is 9.95. The van der Waals surface area contributed by atoms with Crippen molar-refractivity contribution in [3.05, 3.63) is 46.5 Å². The molecule has 0 aromatic heterocycles.